The molecule has 2 aliphatic heterocycles. The Morgan fingerprint density at radius 2 is 1.88 bits per heavy atom. The molecule has 0 bridgehead atoms. The van der Waals surface area contributed by atoms with E-state index in [-0.39, 0.29) is 0 Å². The van der Waals surface area contributed by atoms with Crippen molar-refractivity contribution < 1.29 is 9.68 Å². The molecule has 2 aromatic carbocycles. The first-order chi connectivity index (χ1) is 11.7. The van der Waals surface area contributed by atoms with Crippen LogP contribution in [-0.4, -0.2) is 38.6 Å². The van der Waals surface area contributed by atoms with Crippen molar-refractivity contribution in [2.75, 3.05) is 18.8 Å². The Kier molecular flexibility index (Phi) is 4.29. The zero-order valence-electron chi connectivity index (χ0n) is 13.4. The van der Waals surface area contributed by atoms with Gasteiger partial charge in [-0.1, -0.05) is 54.1 Å². The highest BCUT2D eigenvalue weighted by atomic mass is 35.5. The van der Waals surface area contributed by atoms with E-state index in [4.69, 9.17) is 11.6 Å². The van der Waals surface area contributed by atoms with Crippen LogP contribution in [0.1, 0.15) is 17.5 Å². The lowest BCUT2D eigenvalue weighted by atomic mass is 10.0. The minimum absolute atomic E-state index is 0.601. The number of amidine groups is 1. The van der Waals surface area contributed by atoms with Gasteiger partial charge in [-0.25, -0.2) is 9.48 Å². The Bertz CT molecular complexity index is 763. The number of aliphatic hydroxyl groups is 1. The Labute approximate surface area is 151 Å². The van der Waals surface area contributed by atoms with Crippen LogP contribution in [0.15, 0.2) is 54.6 Å². The van der Waals surface area contributed by atoms with Gasteiger partial charge in [0.1, 0.15) is 6.54 Å². The molecule has 2 aromatic rings. The molecule has 3 nitrogen and oxygen atoms in total. The van der Waals surface area contributed by atoms with E-state index in [0.29, 0.717) is 18.1 Å². The van der Waals surface area contributed by atoms with Gasteiger partial charge in [-0.3, -0.25) is 0 Å². The van der Waals surface area contributed by atoms with Crippen LogP contribution < -0.4 is 0 Å². The molecule has 0 spiro atoms. The summed E-state index contributed by atoms with van der Waals surface area (Å²) in [6.07, 6.45) is 1.16. The van der Waals surface area contributed by atoms with Gasteiger partial charge in [0.25, 0.3) is 5.72 Å². The predicted octanol–water partition coefficient (Wildman–Crippen LogP) is 3.51. The van der Waals surface area contributed by atoms with Crippen molar-refractivity contribution in [3.05, 3.63) is 70.7 Å². The summed E-state index contributed by atoms with van der Waals surface area (Å²) in [6, 6.07) is 17.9. The summed E-state index contributed by atoms with van der Waals surface area (Å²) in [5.74, 6) is 1.10. The smallest absolute Gasteiger partial charge is 0.311 e. The third kappa shape index (κ3) is 2.83. The lowest BCUT2D eigenvalue weighted by molar-refractivity contribution is -0.532. The zero-order valence-corrected chi connectivity index (χ0v) is 14.9. The van der Waals surface area contributed by atoms with E-state index < -0.39 is 5.72 Å². The molecule has 2 heterocycles. The van der Waals surface area contributed by atoms with Crippen LogP contribution in [-0.2, 0) is 12.3 Å². The van der Waals surface area contributed by atoms with Crippen molar-refractivity contribution in [1.29, 1.82) is 0 Å². The summed E-state index contributed by atoms with van der Waals surface area (Å²) in [6.45, 7) is 2.30. The number of benzene rings is 2. The number of halogens is 1. The molecule has 0 saturated carbocycles. The van der Waals surface area contributed by atoms with Crippen LogP contribution >= 0.6 is 23.4 Å². The average Bonchev–Trinajstić information content (AvgIpc) is 2.90. The monoisotopic (exact) mass is 359 g/mol. The van der Waals surface area contributed by atoms with Crippen LogP contribution in [0.5, 0.6) is 0 Å². The molecule has 0 aliphatic carbocycles. The van der Waals surface area contributed by atoms with Crippen LogP contribution in [0.2, 0.25) is 5.02 Å². The van der Waals surface area contributed by atoms with Gasteiger partial charge < -0.3 is 5.11 Å². The first-order valence-electron chi connectivity index (χ1n) is 8.21. The van der Waals surface area contributed by atoms with E-state index in [0.717, 1.165) is 24.3 Å². The molecule has 0 unspecified atom stereocenters. The van der Waals surface area contributed by atoms with Gasteiger partial charge in [-0.2, -0.15) is 0 Å². The minimum Gasteiger partial charge on any atom is -0.346 e. The Morgan fingerprint density at radius 1 is 1.12 bits per heavy atom. The number of thioether (sulfide) groups is 1. The molecule has 124 valence electrons. The van der Waals surface area contributed by atoms with Crippen LogP contribution in [0.4, 0.5) is 0 Å². The molecule has 0 saturated heterocycles. The van der Waals surface area contributed by atoms with Crippen molar-refractivity contribution in [3.8, 4) is 0 Å². The van der Waals surface area contributed by atoms with Gasteiger partial charge in [-0.05, 0) is 35.9 Å². The summed E-state index contributed by atoms with van der Waals surface area (Å²) in [4.78, 5) is 2.15. The predicted molar refractivity (Wildman–Crippen MR) is 99.4 cm³/mol. The quantitative estimate of drug-likeness (QED) is 0.849. The highest BCUT2D eigenvalue weighted by Crippen LogP contribution is 2.37. The molecule has 0 amide bonds. The SMILES string of the molecule is O[C@@]1(c2ccc(Cl)cc2)C[N+]2=C(SCCC2)N1Cc1ccccc1. The molecule has 4 rings (SSSR count). The van der Waals surface area contributed by atoms with Gasteiger partial charge in [0.2, 0.25) is 0 Å². The van der Waals surface area contributed by atoms with Crippen LogP contribution in [0, 0.1) is 0 Å². The molecular formula is C19H20ClN2OS+. The number of hydrogen-bond donors (Lipinski definition) is 1. The summed E-state index contributed by atoms with van der Waals surface area (Å²) >= 11 is 7.88. The van der Waals surface area contributed by atoms with Gasteiger partial charge in [-0.15, -0.1) is 0 Å². The second-order valence-corrected chi connectivity index (χ2v) is 7.80. The molecule has 0 aromatic heterocycles. The Morgan fingerprint density at radius 3 is 2.62 bits per heavy atom. The fraction of sp³-hybridized carbons (Fsp3) is 0.316. The normalized spacial score (nSPS) is 23.5. The second-order valence-electron chi connectivity index (χ2n) is 6.30. The molecule has 24 heavy (non-hydrogen) atoms. The topological polar surface area (TPSA) is 26.5 Å². The number of rotatable bonds is 3. The van der Waals surface area contributed by atoms with Crippen molar-refractivity contribution in [1.82, 2.24) is 4.90 Å². The fourth-order valence-electron chi connectivity index (χ4n) is 3.44. The van der Waals surface area contributed by atoms with E-state index in [1.807, 2.05) is 54.2 Å². The molecule has 1 N–H and O–H groups in total. The van der Waals surface area contributed by atoms with Crippen molar-refractivity contribution >= 4 is 28.5 Å². The largest absolute Gasteiger partial charge is 0.346 e. The first-order valence-corrected chi connectivity index (χ1v) is 9.58. The summed E-state index contributed by atoms with van der Waals surface area (Å²) in [5, 5.41) is 13.5. The lowest BCUT2D eigenvalue weighted by Crippen LogP contribution is -2.45. The Balaban J connectivity index is 1.73. The highest BCUT2D eigenvalue weighted by Gasteiger charge is 2.53. The maximum atomic E-state index is 11.6. The number of hydrogen-bond acceptors (Lipinski definition) is 3. The van der Waals surface area contributed by atoms with Crippen molar-refractivity contribution in [2.45, 2.75) is 18.7 Å². The third-order valence-electron chi connectivity index (χ3n) is 4.65. The molecule has 5 heteroatoms. The maximum Gasteiger partial charge on any atom is 0.311 e. The van der Waals surface area contributed by atoms with Gasteiger partial charge in [0.05, 0.1) is 6.54 Å². The molecule has 1 atom stereocenters. The third-order valence-corrected chi connectivity index (χ3v) is 6.13. The average molecular weight is 360 g/mol. The molecule has 0 radical (unpaired) electrons. The molecule has 2 aliphatic rings. The fourth-order valence-corrected chi connectivity index (χ4v) is 4.73. The lowest BCUT2D eigenvalue weighted by Gasteiger charge is -2.28. The van der Waals surface area contributed by atoms with Crippen LogP contribution in [0.3, 0.4) is 0 Å². The molecule has 0 fully saturated rings. The Hall–Kier alpha value is -1.49. The first kappa shape index (κ1) is 16.0. The van der Waals surface area contributed by atoms with Crippen molar-refractivity contribution in [2.24, 2.45) is 0 Å². The standard InChI is InChI=1S/C19H20ClN2OS/c20-17-9-7-16(8-10-17)19(23)14-21-11-4-12-24-18(21)22(19)13-15-5-2-1-3-6-15/h1-3,5-10,23H,4,11-14H2/q+1/t19-/m1/s1. The van der Waals surface area contributed by atoms with Gasteiger partial charge in [0.15, 0.2) is 6.54 Å². The highest BCUT2D eigenvalue weighted by molar-refractivity contribution is 8.13. The summed E-state index contributed by atoms with van der Waals surface area (Å²) in [7, 11) is 0. The van der Waals surface area contributed by atoms with E-state index in [2.05, 4.69) is 21.6 Å². The molecular weight excluding hydrogens is 340 g/mol. The zero-order chi connectivity index (χ0) is 16.6. The maximum absolute atomic E-state index is 11.6. The number of nitrogens with zero attached hydrogens (tertiary/aromatic N) is 2. The van der Waals surface area contributed by atoms with Gasteiger partial charge >= 0.3 is 5.17 Å². The van der Waals surface area contributed by atoms with Crippen LogP contribution in [0.25, 0.3) is 0 Å². The minimum atomic E-state index is -1.02. The summed E-state index contributed by atoms with van der Waals surface area (Å²) < 4.78 is 2.31. The second kappa shape index (κ2) is 6.43. The van der Waals surface area contributed by atoms with Crippen molar-refractivity contribution in [3.63, 3.8) is 0 Å². The van der Waals surface area contributed by atoms with E-state index in [9.17, 15) is 5.11 Å². The van der Waals surface area contributed by atoms with Gasteiger partial charge in [0, 0.05) is 16.3 Å². The van der Waals surface area contributed by atoms with E-state index in [1.54, 1.807) is 0 Å². The van der Waals surface area contributed by atoms with E-state index in [1.165, 1.54) is 10.7 Å². The van der Waals surface area contributed by atoms with E-state index >= 15 is 0 Å². The summed E-state index contributed by atoms with van der Waals surface area (Å²) in [5.41, 5.74) is 1.07.